The number of likely N-dealkylation sites (N-methyl/N-ethyl adjacent to an activating group) is 1. The first-order valence-corrected chi connectivity index (χ1v) is 10.2. The molecule has 0 aliphatic carbocycles. The summed E-state index contributed by atoms with van der Waals surface area (Å²) >= 11 is 0. The number of hydrogen-bond acceptors (Lipinski definition) is 1. The molecule has 0 aromatic rings. The van der Waals surface area contributed by atoms with Gasteiger partial charge in [0.1, 0.15) is 0 Å². The van der Waals surface area contributed by atoms with Gasteiger partial charge in [0.25, 0.3) is 0 Å². The van der Waals surface area contributed by atoms with Gasteiger partial charge < -0.3 is 4.90 Å². The number of nitrogens with zero attached hydrogens (tertiary/aromatic N) is 1. The van der Waals surface area contributed by atoms with E-state index in [2.05, 4.69) is 77.6 Å². The highest BCUT2D eigenvalue weighted by molar-refractivity contribution is 8.35. The van der Waals surface area contributed by atoms with Crippen molar-refractivity contribution in [1.82, 2.24) is 4.90 Å². The molecule has 1 nitrogen and oxygen atoms in total. The third kappa shape index (κ3) is 7.10. The smallest absolute Gasteiger partial charge is 0.0383 e. The van der Waals surface area contributed by atoms with Crippen molar-refractivity contribution in [3.63, 3.8) is 0 Å². The summed E-state index contributed by atoms with van der Waals surface area (Å²) in [6, 6.07) is 0. The molecule has 19 heavy (non-hydrogen) atoms. The quantitative estimate of drug-likeness (QED) is 0.588. The number of rotatable bonds is 7. The molecule has 1 atom stereocenters. The van der Waals surface area contributed by atoms with E-state index >= 15 is 0 Å². The minimum atomic E-state index is -0.583. The van der Waals surface area contributed by atoms with Gasteiger partial charge in [-0.3, -0.25) is 0 Å². The SMILES string of the molecule is CC/C=C(\CN(C)/C=C(\C)S(C)(C)C)[C@H](C)C(C)C. The zero-order chi connectivity index (χ0) is 15.2. The van der Waals surface area contributed by atoms with Crippen LogP contribution in [0.5, 0.6) is 0 Å². The van der Waals surface area contributed by atoms with Crippen molar-refractivity contribution in [1.29, 1.82) is 0 Å². The van der Waals surface area contributed by atoms with Crippen LogP contribution in [0.15, 0.2) is 22.8 Å². The summed E-state index contributed by atoms with van der Waals surface area (Å²) in [6.07, 6.45) is 12.9. The Morgan fingerprint density at radius 3 is 2.05 bits per heavy atom. The highest BCUT2D eigenvalue weighted by Gasteiger charge is 2.14. The Hall–Kier alpha value is -0.370. The first-order valence-electron chi connectivity index (χ1n) is 7.35. The van der Waals surface area contributed by atoms with Crippen LogP contribution in [0, 0.1) is 11.8 Å². The molecule has 0 unspecified atom stereocenters. The Morgan fingerprint density at radius 2 is 1.68 bits per heavy atom. The third-order valence-electron chi connectivity index (χ3n) is 3.85. The molecule has 0 amide bonds. The van der Waals surface area contributed by atoms with E-state index in [9.17, 15) is 0 Å². The van der Waals surface area contributed by atoms with E-state index in [4.69, 9.17) is 0 Å². The van der Waals surface area contributed by atoms with Crippen molar-refractivity contribution in [2.75, 3.05) is 32.4 Å². The van der Waals surface area contributed by atoms with Gasteiger partial charge in [-0.05, 0) is 48.9 Å². The summed E-state index contributed by atoms with van der Waals surface area (Å²) < 4.78 is 0. The molecular weight excluding hydrogens is 250 g/mol. The monoisotopic (exact) mass is 285 g/mol. The Kier molecular flexibility index (Phi) is 7.88. The van der Waals surface area contributed by atoms with Crippen molar-refractivity contribution in [2.24, 2.45) is 11.8 Å². The van der Waals surface area contributed by atoms with Gasteiger partial charge in [-0.25, -0.2) is 10.0 Å². The van der Waals surface area contributed by atoms with Gasteiger partial charge in [0.15, 0.2) is 0 Å². The average Bonchev–Trinajstić information content (AvgIpc) is 2.25. The molecule has 0 saturated carbocycles. The molecule has 2 heteroatoms. The van der Waals surface area contributed by atoms with Gasteiger partial charge in [0, 0.05) is 19.8 Å². The summed E-state index contributed by atoms with van der Waals surface area (Å²) in [5.74, 6) is 1.38. The number of allylic oxidation sites excluding steroid dienone is 2. The molecule has 114 valence electrons. The van der Waals surface area contributed by atoms with Crippen LogP contribution in [-0.2, 0) is 0 Å². The predicted molar refractivity (Wildman–Crippen MR) is 94.1 cm³/mol. The molecule has 0 bridgehead atoms. The van der Waals surface area contributed by atoms with Crippen LogP contribution < -0.4 is 0 Å². The third-order valence-corrected chi connectivity index (χ3v) is 5.89. The van der Waals surface area contributed by atoms with Gasteiger partial charge in [-0.15, -0.1) is 0 Å². The minimum Gasteiger partial charge on any atom is -0.376 e. The van der Waals surface area contributed by atoms with E-state index < -0.39 is 10.0 Å². The van der Waals surface area contributed by atoms with Crippen molar-refractivity contribution in [3.8, 4) is 0 Å². The molecule has 0 heterocycles. The van der Waals surface area contributed by atoms with Crippen LogP contribution in [0.3, 0.4) is 0 Å². The van der Waals surface area contributed by atoms with E-state index in [0.717, 1.165) is 13.0 Å². The summed E-state index contributed by atoms with van der Waals surface area (Å²) in [5, 5.41) is 0. The van der Waals surface area contributed by atoms with Crippen LogP contribution in [0.4, 0.5) is 0 Å². The first kappa shape index (κ1) is 18.6. The second-order valence-electron chi connectivity index (χ2n) is 6.71. The van der Waals surface area contributed by atoms with Crippen LogP contribution in [0.2, 0.25) is 0 Å². The zero-order valence-electron chi connectivity index (χ0n) is 14.6. The zero-order valence-corrected chi connectivity index (χ0v) is 15.4. The Balaban J connectivity index is 4.85. The lowest BCUT2D eigenvalue weighted by atomic mass is 9.89. The van der Waals surface area contributed by atoms with Crippen molar-refractivity contribution in [2.45, 2.75) is 41.0 Å². The van der Waals surface area contributed by atoms with Gasteiger partial charge in [0.2, 0.25) is 0 Å². The summed E-state index contributed by atoms with van der Waals surface area (Å²) in [5.41, 5.74) is 1.58. The van der Waals surface area contributed by atoms with Crippen LogP contribution >= 0.6 is 10.0 Å². The van der Waals surface area contributed by atoms with Crippen LogP contribution in [-0.4, -0.2) is 37.3 Å². The fraction of sp³-hybridized carbons (Fsp3) is 0.765. The van der Waals surface area contributed by atoms with Crippen molar-refractivity contribution in [3.05, 3.63) is 22.8 Å². The molecule has 0 N–H and O–H groups in total. The molecule has 0 fully saturated rings. The topological polar surface area (TPSA) is 3.24 Å². The van der Waals surface area contributed by atoms with E-state index in [1.54, 1.807) is 5.57 Å². The van der Waals surface area contributed by atoms with Gasteiger partial charge >= 0.3 is 0 Å². The van der Waals surface area contributed by atoms with E-state index in [1.165, 1.54) is 4.91 Å². The lowest BCUT2D eigenvalue weighted by Gasteiger charge is -2.30. The fourth-order valence-electron chi connectivity index (χ4n) is 1.89. The normalized spacial score (nSPS) is 16.7. The molecule has 0 aliphatic heterocycles. The van der Waals surface area contributed by atoms with Gasteiger partial charge in [-0.1, -0.05) is 39.3 Å². The average molecular weight is 286 g/mol. The lowest BCUT2D eigenvalue weighted by molar-refractivity contribution is 0.414. The number of hydrogen-bond donors (Lipinski definition) is 0. The molecular formula is C17H35NS. The van der Waals surface area contributed by atoms with Gasteiger partial charge in [-0.2, -0.15) is 0 Å². The van der Waals surface area contributed by atoms with Crippen molar-refractivity contribution < 1.29 is 0 Å². The maximum atomic E-state index is 2.41. The maximum absolute atomic E-state index is 2.41. The summed E-state index contributed by atoms with van der Waals surface area (Å²) in [4.78, 5) is 3.87. The van der Waals surface area contributed by atoms with E-state index in [0.29, 0.717) is 11.8 Å². The van der Waals surface area contributed by atoms with E-state index in [1.807, 2.05) is 0 Å². The summed E-state index contributed by atoms with van der Waals surface area (Å²) in [7, 11) is 1.62. The van der Waals surface area contributed by atoms with Crippen molar-refractivity contribution >= 4 is 10.0 Å². The minimum absolute atomic E-state index is 0.583. The van der Waals surface area contributed by atoms with Crippen LogP contribution in [0.25, 0.3) is 0 Å². The summed E-state index contributed by atoms with van der Waals surface area (Å²) in [6.45, 7) is 12.5. The molecule has 0 rings (SSSR count). The van der Waals surface area contributed by atoms with Crippen LogP contribution in [0.1, 0.15) is 41.0 Å². The second kappa shape index (κ2) is 8.04. The molecule has 0 saturated heterocycles. The maximum Gasteiger partial charge on any atom is 0.0383 e. The molecule has 0 radical (unpaired) electrons. The highest BCUT2D eigenvalue weighted by Crippen LogP contribution is 2.44. The predicted octanol–water partition coefficient (Wildman–Crippen LogP) is 5.10. The lowest BCUT2D eigenvalue weighted by Crippen LogP contribution is -2.21. The highest BCUT2D eigenvalue weighted by atomic mass is 32.3. The molecule has 0 spiro atoms. The Labute approximate surface area is 123 Å². The standard InChI is InChI=1S/C17H35NS/c1-10-11-17(16(5)14(2)3)13-18(6)12-15(4)19(7,8)9/h11-12,14,16H,10,13H2,1-9H3/b15-12+,17-11+/t16-/m1/s1. The first-order chi connectivity index (χ1) is 8.59. The fourth-order valence-corrected chi connectivity index (χ4v) is 2.38. The molecule has 0 aliphatic rings. The van der Waals surface area contributed by atoms with Gasteiger partial charge in [0.05, 0.1) is 0 Å². The molecule has 0 aromatic heterocycles. The second-order valence-corrected chi connectivity index (χ2v) is 11.0. The largest absolute Gasteiger partial charge is 0.376 e. The van der Waals surface area contributed by atoms with E-state index in [-0.39, 0.29) is 0 Å². The molecule has 0 aromatic carbocycles. The Morgan fingerprint density at radius 1 is 1.16 bits per heavy atom. The Bertz CT molecular complexity index is 321.